The molecule has 2 atom stereocenters. The Morgan fingerprint density at radius 1 is 1.24 bits per heavy atom. The van der Waals surface area contributed by atoms with Crippen LogP contribution in [0.25, 0.3) is 0 Å². The van der Waals surface area contributed by atoms with Crippen LogP contribution in [0.2, 0.25) is 0 Å². The summed E-state index contributed by atoms with van der Waals surface area (Å²) in [6.45, 7) is 7.75. The van der Waals surface area contributed by atoms with Gasteiger partial charge in [0.1, 0.15) is 0 Å². The molecule has 100 valence electrons. The second-order valence-corrected chi connectivity index (χ2v) is 5.17. The summed E-state index contributed by atoms with van der Waals surface area (Å²) in [6, 6.07) is -0.559. The van der Waals surface area contributed by atoms with E-state index in [9.17, 15) is 9.59 Å². The van der Waals surface area contributed by atoms with Crippen LogP contribution in [0.4, 0.5) is 0 Å². The van der Waals surface area contributed by atoms with Gasteiger partial charge in [0.15, 0.2) is 0 Å². The van der Waals surface area contributed by atoms with Crippen molar-refractivity contribution in [3.63, 3.8) is 0 Å². The first-order chi connectivity index (χ1) is 7.75. The van der Waals surface area contributed by atoms with E-state index in [1.807, 2.05) is 27.7 Å². The molecule has 0 aromatic heterocycles. The molecule has 0 saturated carbocycles. The summed E-state index contributed by atoms with van der Waals surface area (Å²) in [5, 5.41) is 11.6. The molecule has 0 aromatic carbocycles. The van der Waals surface area contributed by atoms with Gasteiger partial charge in [-0.1, -0.05) is 27.7 Å². The van der Waals surface area contributed by atoms with Gasteiger partial charge in [-0.25, -0.2) is 0 Å². The number of carbonyl (C=O) groups excluding carboxylic acids is 1. The van der Waals surface area contributed by atoms with Crippen LogP contribution >= 0.6 is 0 Å². The Bertz CT molecular complexity index is 264. The van der Waals surface area contributed by atoms with E-state index in [4.69, 9.17) is 10.8 Å². The van der Waals surface area contributed by atoms with Crippen LogP contribution in [0, 0.1) is 17.8 Å². The Labute approximate surface area is 103 Å². The standard InChI is InChI=1S/C12H24N2O3/c1-7(2)5-10(13)11(15)14-6-9(8(3)4)12(16)17/h7-10H,5-6,13H2,1-4H3,(H,14,15)(H,16,17). The molecule has 5 heteroatoms. The Kier molecular flexibility index (Phi) is 6.80. The largest absolute Gasteiger partial charge is 0.481 e. The average molecular weight is 244 g/mol. The van der Waals surface area contributed by atoms with Crippen LogP contribution in [0.15, 0.2) is 0 Å². The van der Waals surface area contributed by atoms with Crippen LogP contribution in [-0.2, 0) is 9.59 Å². The first-order valence-corrected chi connectivity index (χ1v) is 6.01. The Hall–Kier alpha value is -1.10. The van der Waals surface area contributed by atoms with Gasteiger partial charge in [0, 0.05) is 6.54 Å². The fraction of sp³-hybridized carbons (Fsp3) is 0.833. The average Bonchev–Trinajstić information content (AvgIpc) is 2.15. The molecule has 2 unspecified atom stereocenters. The van der Waals surface area contributed by atoms with Crippen LogP contribution in [-0.4, -0.2) is 29.6 Å². The molecule has 0 bridgehead atoms. The van der Waals surface area contributed by atoms with Gasteiger partial charge in [-0.05, 0) is 18.3 Å². The molecule has 5 nitrogen and oxygen atoms in total. The molecule has 0 fully saturated rings. The highest BCUT2D eigenvalue weighted by Crippen LogP contribution is 2.10. The van der Waals surface area contributed by atoms with Crippen molar-refractivity contribution >= 4 is 11.9 Å². The smallest absolute Gasteiger partial charge is 0.308 e. The number of hydrogen-bond donors (Lipinski definition) is 3. The van der Waals surface area contributed by atoms with Gasteiger partial charge in [-0.2, -0.15) is 0 Å². The predicted octanol–water partition coefficient (Wildman–Crippen LogP) is 0.833. The van der Waals surface area contributed by atoms with Crippen LogP contribution in [0.1, 0.15) is 34.1 Å². The van der Waals surface area contributed by atoms with Gasteiger partial charge in [-0.3, -0.25) is 9.59 Å². The summed E-state index contributed by atoms with van der Waals surface area (Å²) in [5.74, 6) is -1.40. The minimum absolute atomic E-state index is 0.0193. The van der Waals surface area contributed by atoms with Crippen molar-refractivity contribution in [1.29, 1.82) is 0 Å². The molecule has 0 rings (SSSR count). The molecule has 4 N–H and O–H groups in total. The van der Waals surface area contributed by atoms with Crippen molar-refractivity contribution in [2.75, 3.05) is 6.54 Å². The Morgan fingerprint density at radius 3 is 2.12 bits per heavy atom. The predicted molar refractivity (Wildman–Crippen MR) is 66.4 cm³/mol. The van der Waals surface area contributed by atoms with Crippen molar-refractivity contribution < 1.29 is 14.7 Å². The van der Waals surface area contributed by atoms with Crippen molar-refractivity contribution in [3.05, 3.63) is 0 Å². The van der Waals surface area contributed by atoms with Gasteiger partial charge in [0.25, 0.3) is 0 Å². The van der Waals surface area contributed by atoms with Crippen LogP contribution in [0.3, 0.4) is 0 Å². The second kappa shape index (κ2) is 7.27. The number of carbonyl (C=O) groups is 2. The lowest BCUT2D eigenvalue weighted by Gasteiger charge is -2.19. The van der Waals surface area contributed by atoms with E-state index < -0.39 is 17.9 Å². The van der Waals surface area contributed by atoms with Crippen LogP contribution < -0.4 is 11.1 Å². The molecule has 0 aliphatic carbocycles. The maximum atomic E-state index is 11.6. The lowest BCUT2D eigenvalue weighted by atomic mass is 9.96. The molecule has 0 aliphatic rings. The Balaban J connectivity index is 4.17. The Morgan fingerprint density at radius 2 is 1.76 bits per heavy atom. The minimum atomic E-state index is -0.891. The number of nitrogens with one attached hydrogen (secondary N) is 1. The van der Waals surface area contributed by atoms with Crippen molar-refractivity contribution in [1.82, 2.24) is 5.32 Å². The SMILES string of the molecule is CC(C)CC(N)C(=O)NCC(C(=O)O)C(C)C. The zero-order valence-corrected chi connectivity index (χ0v) is 11.1. The number of carboxylic acids is 1. The molecule has 0 aliphatic heterocycles. The summed E-state index contributed by atoms with van der Waals surface area (Å²) >= 11 is 0. The van der Waals surface area contributed by atoms with E-state index in [1.165, 1.54) is 0 Å². The number of amides is 1. The van der Waals surface area contributed by atoms with E-state index in [1.54, 1.807) is 0 Å². The second-order valence-electron chi connectivity index (χ2n) is 5.17. The number of carboxylic acid groups (broad SMARTS) is 1. The molecule has 17 heavy (non-hydrogen) atoms. The fourth-order valence-electron chi connectivity index (χ4n) is 1.56. The minimum Gasteiger partial charge on any atom is -0.481 e. The summed E-state index contributed by atoms with van der Waals surface area (Å²) < 4.78 is 0. The van der Waals surface area contributed by atoms with Gasteiger partial charge < -0.3 is 16.2 Å². The molecular weight excluding hydrogens is 220 g/mol. The topological polar surface area (TPSA) is 92.4 Å². The summed E-state index contributed by atoms with van der Waals surface area (Å²) in [7, 11) is 0. The number of nitrogens with two attached hydrogens (primary N) is 1. The van der Waals surface area contributed by atoms with Gasteiger partial charge in [0.2, 0.25) is 5.91 Å². The third-order valence-corrected chi connectivity index (χ3v) is 2.68. The van der Waals surface area contributed by atoms with E-state index in [2.05, 4.69) is 5.32 Å². The fourth-order valence-corrected chi connectivity index (χ4v) is 1.56. The van der Waals surface area contributed by atoms with E-state index in [-0.39, 0.29) is 18.4 Å². The zero-order chi connectivity index (χ0) is 13.6. The number of rotatable bonds is 7. The van der Waals surface area contributed by atoms with Gasteiger partial charge >= 0.3 is 5.97 Å². The van der Waals surface area contributed by atoms with Crippen molar-refractivity contribution in [3.8, 4) is 0 Å². The van der Waals surface area contributed by atoms with E-state index >= 15 is 0 Å². The lowest BCUT2D eigenvalue weighted by molar-refractivity contribution is -0.143. The van der Waals surface area contributed by atoms with E-state index in [0.29, 0.717) is 12.3 Å². The molecule has 0 radical (unpaired) electrons. The van der Waals surface area contributed by atoms with Crippen molar-refractivity contribution in [2.45, 2.75) is 40.2 Å². The zero-order valence-electron chi connectivity index (χ0n) is 11.1. The summed E-state index contributed by atoms with van der Waals surface area (Å²) in [6.07, 6.45) is 0.602. The highest BCUT2D eigenvalue weighted by Gasteiger charge is 2.23. The molecule has 0 aromatic rings. The third-order valence-electron chi connectivity index (χ3n) is 2.68. The molecule has 1 amide bonds. The van der Waals surface area contributed by atoms with Gasteiger partial charge in [-0.15, -0.1) is 0 Å². The third kappa shape index (κ3) is 6.26. The molecule has 0 saturated heterocycles. The maximum absolute atomic E-state index is 11.6. The normalized spacial score (nSPS) is 14.8. The maximum Gasteiger partial charge on any atom is 0.308 e. The first kappa shape index (κ1) is 15.9. The monoisotopic (exact) mass is 244 g/mol. The molecule has 0 spiro atoms. The lowest BCUT2D eigenvalue weighted by Crippen LogP contribution is -2.44. The highest BCUT2D eigenvalue weighted by atomic mass is 16.4. The summed E-state index contributed by atoms with van der Waals surface area (Å²) in [4.78, 5) is 22.5. The van der Waals surface area contributed by atoms with Crippen LogP contribution in [0.5, 0.6) is 0 Å². The van der Waals surface area contributed by atoms with Crippen molar-refractivity contribution in [2.24, 2.45) is 23.5 Å². The van der Waals surface area contributed by atoms with Gasteiger partial charge in [0.05, 0.1) is 12.0 Å². The van der Waals surface area contributed by atoms with E-state index in [0.717, 1.165) is 0 Å². The quantitative estimate of drug-likeness (QED) is 0.618. The first-order valence-electron chi connectivity index (χ1n) is 6.01. The highest BCUT2D eigenvalue weighted by molar-refractivity contribution is 5.82. The number of aliphatic carboxylic acids is 1. The molecular formula is C12H24N2O3. The molecule has 0 heterocycles. The summed E-state index contributed by atoms with van der Waals surface area (Å²) in [5.41, 5.74) is 5.70. The number of hydrogen-bond acceptors (Lipinski definition) is 3.